The Hall–Kier alpha value is -1.14. The Bertz CT molecular complexity index is 553. The highest BCUT2D eigenvalue weighted by atomic mass is 79.9. The minimum Gasteiger partial charge on any atom is -0.429 e. The predicted molar refractivity (Wildman–Crippen MR) is 70.5 cm³/mol. The van der Waals surface area contributed by atoms with Crippen molar-refractivity contribution in [3.8, 4) is 10.9 Å². The van der Waals surface area contributed by atoms with Crippen molar-refractivity contribution in [2.45, 2.75) is 18.8 Å². The van der Waals surface area contributed by atoms with Gasteiger partial charge in [0.2, 0.25) is 0 Å². The van der Waals surface area contributed by atoms with Crippen LogP contribution in [0.25, 0.3) is 0 Å². The molecule has 1 heterocycles. The fraction of sp³-hybridized carbons (Fsp3) is 0.273. The van der Waals surface area contributed by atoms with Gasteiger partial charge in [-0.15, -0.1) is 0 Å². The zero-order valence-electron chi connectivity index (χ0n) is 8.89. The Balaban J connectivity index is 1.82. The molecule has 1 fully saturated rings. The number of hydrogen-bond donors (Lipinski definition) is 1. The molecule has 17 heavy (non-hydrogen) atoms. The zero-order valence-corrected chi connectivity index (χ0v) is 11.3. The first-order chi connectivity index (χ1) is 8.22. The van der Waals surface area contributed by atoms with Crippen LogP contribution in [0, 0.1) is 0 Å². The number of anilines is 1. The Morgan fingerprint density at radius 1 is 1.41 bits per heavy atom. The highest BCUT2D eigenvalue weighted by Crippen LogP contribution is 2.40. The van der Waals surface area contributed by atoms with Crippen LogP contribution in [0.5, 0.6) is 10.9 Å². The molecule has 0 atom stereocenters. The van der Waals surface area contributed by atoms with E-state index in [2.05, 4.69) is 25.3 Å². The van der Waals surface area contributed by atoms with Crippen LogP contribution in [0.15, 0.2) is 22.7 Å². The maximum Gasteiger partial charge on any atom is 0.298 e. The molecule has 0 amide bonds. The highest BCUT2D eigenvalue weighted by molar-refractivity contribution is 9.10. The van der Waals surface area contributed by atoms with E-state index in [9.17, 15) is 0 Å². The average molecular weight is 312 g/mol. The monoisotopic (exact) mass is 311 g/mol. The van der Waals surface area contributed by atoms with Gasteiger partial charge in [-0.1, -0.05) is 0 Å². The lowest BCUT2D eigenvalue weighted by Gasteiger charge is -2.04. The van der Waals surface area contributed by atoms with Crippen molar-refractivity contribution in [2.24, 2.45) is 0 Å². The number of halogens is 1. The van der Waals surface area contributed by atoms with E-state index in [4.69, 9.17) is 10.5 Å². The number of nitrogens with two attached hydrogens (primary N) is 1. The molecule has 4 nitrogen and oxygen atoms in total. The topological polar surface area (TPSA) is 61.0 Å². The lowest BCUT2D eigenvalue weighted by molar-refractivity contribution is 0.474. The van der Waals surface area contributed by atoms with Crippen molar-refractivity contribution in [1.82, 2.24) is 9.36 Å². The van der Waals surface area contributed by atoms with Gasteiger partial charge in [0, 0.05) is 29.2 Å². The van der Waals surface area contributed by atoms with Crippen molar-refractivity contribution in [3.63, 3.8) is 0 Å². The first kappa shape index (κ1) is 11.0. The first-order valence-corrected chi connectivity index (χ1v) is 6.85. The average Bonchev–Trinajstić information content (AvgIpc) is 3.05. The van der Waals surface area contributed by atoms with Crippen molar-refractivity contribution in [1.29, 1.82) is 0 Å². The second kappa shape index (κ2) is 4.27. The molecule has 88 valence electrons. The van der Waals surface area contributed by atoms with E-state index in [1.54, 1.807) is 6.07 Å². The Morgan fingerprint density at radius 3 is 3.00 bits per heavy atom. The molecule has 1 aliphatic carbocycles. The smallest absolute Gasteiger partial charge is 0.298 e. The maximum absolute atomic E-state index is 5.71. The number of benzene rings is 1. The molecule has 0 radical (unpaired) electrons. The molecule has 6 heteroatoms. The second-order valence-corrected chi connectivity index (χ2v) is 5.55. The molecule has 1 aliphatic rings. The number of hydrogen-bond acceptors (Lipinski definition) is 5. The fourth-order valence-electron chi connectivity index (χ4n) is 1.46. The van der Waals surface area contributed by atoms with E-state index in [1.165, 1.54) is 24.4 Å². The standard InChI is InChI=1S/C11H10BrN3OS/c12-8-4-3-7(13)5-9(8)16-11-14-10(15-17-11)6-1-2-6/h3-6H,1-2,13H2. The Morgan fingerprint density at radius 2 is 2.24 bits per heavy atom. The van der Waals surface area contributed by atoms with Gasteiger partial charge in [0.25, 0.3) is 5.19 Å². The van der Waals surface area contributed by atoms with Gasteiger partial charge in [-0.2, -0.15) is 9.36 Å². The number of aromatic nitrogens is 2. The maximum atomic E-state index is 5.71. The highest BCUT2D eigenvalue weighted by Gasteiger charge is 2.28. The van der Waals surface area contributed by atoms with E-state index in [-0.39, 0.29) is 0 Å². The quantitative estimate of drug-likeness (QED) is 0.880. The molecular formula is C11H10BrN3OS. The third-order valence-electron chi connectivity index (χ3n) is 2.52. The van der Waals surface area contributed by atoms with Crippen molar-refractivity contribution >= 4 is 33.1 Å². The fourth-order valence-corrected chi connectivity index (χ4v) is 2.41. The summed E-state index contributed by atoms with van der Waals surface area (Å²) in [6, 6.07) is 5.43. The summed E-state index contributed by atoms with van der Waals surface area (Å²) in [5, 5.41) is 0.568. The van der Waals surface area contributed by atoms with Gasteiger partial charge in [-0.3, -0.25) is 0 Å². The second-order valence-electron chi connectivity index (χ2n) is 3.98. The first-order valence-electron chi connectivity index (χ1n) is 5.29. The predicted octanol–water partition coefficient (Wildman–Crippen LogP) is 3.55. The molecule has 0 spiro atoms. The van der Waals surface area contributed by atoms with Crippen LogP contribution in [0.4, 0.5) is 5.69 Å². The Labute approximate surface area is 111 Å². The van der Waals surface area contributed by atoms with Crippen molar-refractivity contribution < 1.29 is 4.74 Å². The number of nitrogens with zero attached hydrogens (tertiary/aromatic N) is 2. The Kier molecular flexibility index (Phi) is 2.76. The van der Waals surface area contributed by atoms with E-state index in [0.29, 0.717) is 22.5 Å². The summed E-state index contributed by atoms with van der Waals surface area (Å²) < 4.78 is 10.8. The van der Waals surface area contributed by atoms with E-state index >= 15 is 0 Å². The zero-order chi connectivity index (χ0) is 11.8. The van der Waals surface area contributed by atoms with Gasteiger partial charge in [-0.05, 0) is 40.9 Å². The van der Waals surface area contributed by atoms with Crippen LogP contribution in [-0.2, 0) is 0 Å². The summed E-state index contributed by atoms with van der Waals surface area (Å²) in [4.78, 5) is 4.36. The van der Waals surface area contributed by atoms with E-state index in [0.717, 1.165) is 10.3 Å². The normalized spacial score (nSPS) is 14.9. The van der Waals surface area contributed by atoms with Crippen LogP contribution in [-0.4, -0.2) is 9.36 Å². The molecule has 0 aliphatic heterocycles. The van der Waals surface area contributed by atoms with Gasteiger partial charge < -0.3 is 10.5 Å². The number of rotatable bonds is 3. The van der Waals surface area contributed by atoms with Crippen LogP contribution in [0.1, 0.15) is 24.6 Å². The van der Waals surface area contributed by atoms with E-state index in [1.807, 2.05) is 12.1 Å². The minimum atomic E-state index is 0.549. The summed E-state index contributed by atoms with van der Waals surface area (Å²) >= 11 is 4.69. The largest absolute Gasteiger partial charge is 0.429 e. The van der Waals surface area contributed by atoms with Gasteiger partial charge in [0.05, 0.1) is 4.47 Å². The number of nitrogen functional groups attached to an aromatic ring is 1. The summed E-state index contributed by atoms with van der Waals surface area (Å²) in [5.41, 5.74) is 6.37. The van der Waals surface area contributed by atoms with Gasteiger partial charge >= 0.3 is 0 Å². The number of ether oxygens (including phenoxy) is 1. The van der Waals surface area contributed by atoms with Crippen LogP contribution in [0.3, 0.4) is 0 Å². The van der Waals surface area contributed by atoms with Crippen LogP contribution >= 0.6 is 27.5 Å². The lowest BCUT2D eigenvalue weighted by atomic mass is 10.3. The van der Waals surface area contributed by atoms with Crippen molar-refractivity contribution in [3.05, 3.63) is 28.5 Å². The molecule has 1 saturated carbocycles. The molecular weight excluding hydrogens is 302 g/mol. The van der Waals surface area contributed by atoms with Gasteiger partial charge in [0.1, 0.15) is 11.6 Å². The molecule has 0 saturated heterocycles. The van der Waals surface area contributed by atoms with Gasteiger partial charge in [0.15, 0.2) is 0 Å². The van der Waals surface area contributed by atoms with Crippen LogP contribution < -0.4 is 10.5 Å². The molecule has 2 aromatic rings. The van der Waals surface area contributed by atoms with E-state index < -0.39 is 0 Å². The molecule has 2 N–H and O–H groups in total. The van der Waals surface area contributed by atoms with Gasteiger partial charge in [-0.25, -0.2) is 0 Å². The molecule has 0 bridgehead atoms. The summed E-state index contributed by atoms with van der Waals surface area (Å²) in [7, 11) is 0. The lowest BCUT2D eigenvalue weighted by Crippen LogP contribution is -1.89. The van der Waals surface area contributed by atoms with Crippen molar-refractivity contribution in [2.75, 3.05) is 5.73 Å². The summed E-state index contributed by atoms with van der Waals surface area (Å²) in [5.74, 6) is 2.13. The molecule has 1 aromatic carbocycles. The molecule has 1 aromatic heterocycles. The summed E-state index contributed by atoms with van der Waals surface area (Å²) in [6.07, 6.45) is 2.39. The molecule has 0 unspecified atom stereocenters. The molecule has 3 rings (SSSR count). The third-order valence-corrected chi connectivity index (χ3v) is 3.78. The third kappa shape index (κ3) is 2.42. The minimum absolute atomic E-state index is 0.549. The summed E-state index contributed by atoms with van der Waals surface area (Å²) in [6.45, 7) is 0. The van der Waals surface area contributed by atoms with Crippen LogP contribution in [0.2, 0.25) is 0 Å². The SMILES string of the molecule is Nc1ccc(Br)c(Oc2nc(C3CC3)ns2)c1.